The number of rotatable bonds is 4. The molecule has 88 valence electrons. The number of likely N-dealkylation sites (tertiary alicyclic amines) is 1. The van der Waals surface area contributed by atoms with Crippen LogP contribution in [0.4, 0.5) is 0 Å². The van der Waals surface area contributed by atoms with E-state index in [-0.39, 0.29) is 0 Å². The maximum absolute atomic E-state index is 4.19. The van der Waals surface area contributed by atoms with Gasteiger partial charge in [-0.15, -0.1) is 0 Å². The summed E-state index contributed by atoms with van der Waals surface area (Å²) in [5.41, 5.74) is 0. The molecule has 1 aromatic heterocycles. The zero-order chi connectivity index (χ0) is 11.2. The van der Waals surface area contributed by atoms with Crippen molar-refractivity contribution in [1.82, 2.24) is 20.2 Å². The van der Waals surface area contributed by atoms with E-state index in [9.17, 15) is 0 Å². The summed E-state index contributed by atoms with van der Waals surface area (Å²) in [6.07, 6.45) is 7.58. The minimum Gasteiger partial charge on any atom is -0.308 e. The van der Waals surface area contributed by atoms with E-state index >= 15 is 0 Å². The Labute approximate surface area is 97.1 Å². The molecule has 1 aliphatic heterocycles. The average Bonchev–Trinajstić information content (AvgIpc) is 2.33. The lowest BCUT2D eigenvalue weighted by atomic mass is 10.0. The van der Waals surface area contributed by atoms with Gasteiger partial charge in [-0.3, -0.25) is 0 Å². The fourth-order valence-corrected chi connectivity index (χ4v) is 2.17. The zero-order valence-electron chi connectivity index (χ0n) is 9.89. The van der Waals surface area contributed by atoms with Crippen LogP contribution >= 0.6 is 0 Å². The number of nitrogens with one attached hydrogen (secondary N) is 1. The molecule has 1 unspecified atom stereocenters. The molecule has 1 aliphatic rings. The van der Waals surface area contributed by atoms with Crippen molar-refractivity contribution >= 4 is 0 Å². The van der Waals surface area contributed by atoms with Crippen LogP contribution in [0.5, 0.6) is 0 Å². The molecule has 2 heterocycles. The van der Waals surface area contributed by atoms with Crippen molar-refractivity contribution in [3.63, 3.8) is 0 Å². The van der Waals surface area contributed by atoms with Gasteiger partial charge in [0, 0.05) is 25.0 Å². The van der Waals surface area contributed by atoms with Crippen LogP contribution in [0.1, 0.15) is 25.1 Å². The number of piperidine rings is 1. The normalized spacial score (nSPS) is 22.2. The van der Waals surface area contributed by atoms with Gasteiger partial charge in [-0.2, -0.15) is 0 Å². The minimum absolute atomic E-state index is 0.678. The quantitative estimate of drug-likeness (QED) is 0.823. The number of nitrogens with zero attached hydrogens (tertiary/aromatic N) is 3. The molecule has 0 bridgehead atoms. The Bertz CT molecular complexity index is 301. The third kappa shape index (κ3) is 3.25. The van der Waals surface area contributed by atoms with Gasteiger partial charge in [0.2, 0.25) is 0 Å². The summed E-state index contributed by atoms with van der Waals surface area (Å²) < 4.78 is 0. The molecule has 0 amide bonds. The van der Waals surface area contributed by atoms with Gasteiger partial charge in [-0.05, 0) is 32.5 Å². The molecule has 1 aromatic rings. The van der Waals surface area contributed by atoms with Crippen LogP contribution in [0.2, 0.25) is 0 Å². The summed E-state index contributed by atoms with van der Waals surface area (Å²) in [7, 11) is 2.21. The van der Waals surface area contributed by atoms with Crippen molar-refractivity contribution in [2.45, 2.75) is 31.8 Å². The molecule has 2 rings (SSSR count). The van der Waals surface area contributed by atoms with E-state index in [1.54, 1.807) is 12.4 Å². The molecule has 1 N–H and O–H groups in total. The van der Waals surface area contributed by atoms with Crippen molar-refractivity contribution in [2.24, 2.45) is 0 Å². The third-order valence-corrected chi connectivity index (χ3v) is 3.20. The van der Waals surface area contributed by atoms with Gasteiger partial charge in [0.25, 0.3) is 0 Å². The zero-order valence-corrected chi connectivity index (χ0v) is 9.89. The highest BCUT2D eigenvalue weighted by Gasteiger charge is 2.17. The second-order valence-corrected chi connectivity index (χ2v) is 4.43. The summed E-state index contributed by atoms with van der Waals surface area (Å²) >= 11 is 0. The molecule has 0 spiro atoms. The van der Waals surface area contributed by atoms with E-state index in [2.05, 4.69) is 27.2 Å². The van der Waals surface area contributed by atoms with E-state index in [1.165, 1.54) is 25.8 Å². The Hall–Kier alpha value is -1.00. The van der Waals surface area contributed by atoms with Crippen molar-refractivity contribution in [3.8, 4) is 0 Å². The molecule has 0 aromatic carbocycles. The average molecular weight is 220 g/mol. The fraction of sp³-hybridized carbons (Fsp3) is 0.667. The largest absolute Gasteiger partial charge is 0.308 e. The molecule has 0 aliphatic carbocycles. The third-order valence-electron chi connectivity index (χ3n) is 3.20. The highest BCUT2D eigenvalue weighted by Crippen LogP contribution is 2.13. The van der Waals surface area contributed by atoms with E-state index < -0.39 is 0 Å². The molecule has 1 atom stereocenters. The first-order chi connectivity index (χ1) is 7.86. The summed E-state index contributed by atoms with van der Waals surface area (Å²) in [6, 6.07) is 2.52. The fourth-order valence-electron chi connectivity index (χ4n) is 2.17. The number of hydrogen-bond donors (Lipinski definition) is 1. The first kappa shape index (κ1) is 11.5. The lowest BCUT2D eigenvalue weighted by molar-refractivity contribution is 0.181. The van der Waals surface area contributed by atoms with Gasteiger partial charge in [0.15, 0.2) is 0 Å². The van der Waals surface area contributed by atoms with Crippen LogP contribution in [0.25, 0.3) is 0 Å². The number of likely N-dealkylation sites (N-methyl/N-ethyl adjacent to an activating group) is 1. The van der Waals surface area contributed by atoms with Crippen LogP contribution in [0.15, 0.2) is 18.5 Å². The van der Waals surface area contributed by atoms with Crippen LogP contribution in [0.3, 0.4) is 0 Å². The summed E-state index contributed by atoms with van der Waals surface area (Å²) in [5, 5.41) is 3.44. The Morgan fingerprint density at radius 2 is 2.19 bits per heavy atom. The molecule has 4 nitrogen and oxygen atoms in total. The van der Waals surface area contributed by atoms with Crippen molar-refractivity contribution in [2.75, 3.05) is 20.1 Å². The highest BCUT2D eigenvalue weighted by molar-refractivity contribution is 4.88. The second kappa shape index (κ2) is 5.92. The minimum atomic E-state index is 0.678. The first-order valence-corrected chi connectivity index (χ1v) is 6.03. The molecule has 16 heavy (non-hydrogen) atoms. The molecule has 1 saturated heterocycles. The smallest absolute Gasteiger partial charge is 0.141 e. The van der Waals surface area contributed by atoms with E-state index in [1.807, 2.05) is 6.07 Å². The van der Waals surface area contributed by atoms with Crippen LogP contribution < -0.4 is 5.32 Å². The van der Waals surface area contributed by atoms with Gasteiger partial charge in [0.1, 0.15) is 5.82 Å². The van der Waals surface area contributed by atoms with Crippen molar-refractivity contribution < 1.29 is 0 Å². The SMILES string of the molecule is CN1CCCCC1CNCc1ncccn1. The molecule has 1 fully saturated rings. The van der Waals surface area contributed by atoms with E-state index in [0.29, 0.717) is 6.04 Å². The molecule has 0 radical (unpaired) electrons. The van der Waals surface area contributed by atoms with Crippen LogP contribution in [0, 0.1) is 0 Å². The maximum atomic E-state index is 4.19. The van der Waals surface area contributed by atoms with Crippen molar-refractivity contribution in [1.29, 1.82) is 0 Å². The van der Waals surface area contributed by atoms with Gasteiger partial charge < -0.3 is 10.2 Å². The monoisotopic (exact) mass is 220 g/mol. The Morgan fingerprint density at radius 3 is 2.94 bits per heavy atom. The number of hydrogen-bond acceptors (Lipinski definition) is 4. The van der Waals surface area contributed by atoms with Crippen molar-refractivity contribution in [3.05, 3.63) is 24.3 Å². The summed E-state index contributed by atoms with van der Waals surface area (Å²) in [5.74, 6) is 0.876. The molecular formula is C12H20N4. The van der Waals surface area contributed by atoms with Crippen LogP contribution in [-0.4, -0.2) is 41.0 Å². The Morgan fingerprint density at radius 1 is 1.38 bits per heavy atom. The lowest BCUT2D eigenvalue weighted by Crippen LogP contribution is -2.43. The Kier molecular flexibility index (Phi) is 4.25. The first-order valence-electron chi connectivity index (χ1n) is 6.03. The number of aromatic nitrogens is 2. The lowest BCUT2D eigenvalue weighted by Gasteiger charge is -2.32. The predicted molar refractivity (Wildman–Crippen MR) is 64.0 cm³/mol. The van der Waals surface area contributed by atoms with E-state index in [0.717, 1.165) is 18.9 Å². The van der Waals surface area contributed by atoms with Gasteiger partial charge >= 0.3 is 0 Å². The topological polar surface area (TPSA) is 41.0 Å². The highest BCUT2D eigenvalue weighted by atomic mass is 15.2. The van der Waals surface area contributed by atoms with Gasteiger partial charge in [0.05, 0.1) is 6.54 Å². The van der Waals surface area contributed by atoms with Gasteiger partial charge in [-0.1, -0.05) is 6.42 Å². The summed E-state index contributed by atoms with van der Waals surface area (Å²) in [6.45, 7) is 3.04. The predicted octanol–water partition coefficient (Wildman–Crippen LogP) is 1.05. The second-order valence-electron chi connectivity index (χ2n) is 4.43. The van der Waals surface area contributed by atoms with Crippen LogP contribution in [-0.2, 0) is 6.54 Å². The van der Waals surface area contributed by atoms with E-state index in [4.69, 9.17) is 0 Å². The molecule has 0 saturated carbocycles. The molecular weight excluding hydrogens is 200 g/mol. The Balaban J connectivity index is 1.71. The molecule has 4 heteroatoms. The van der Waals surface area contributed by atoms with Gasteiger partial charge in [-0.25, -0.2) is 9.97 Å². The maximum Gasteiger partial charge on any atom is 0.141 e. The summed E-state index contributed by atoms with van der Waals surface area (Å²) in [4.78, 5) is 10.8. The standard InChI is InChI=1S/C12H20N4/c1-16-8-3-2-5-11(16)9-13-10-12-14-6-4-7-15-12/h4,6-7,11,13H,2-3,5,8-10H2,1H3.